The minimum absolute atomic E-state index is 0.198. The van der Waals surface area contributed by atoms with Crippen molar-refractivity contribution in [3.8, 4) is 0 Å². The van der Waals surface area contributed by atoms with Crippen LogP contribution in [0.3, 0.4) is 0 Å². The van der Waals surface area contributed by atoms with Gasteiger partial charge in [0.15, 0.2) is 0 Å². The summed E-state index contributed by atoms with van der Waals surface area (Å²) in [6.07, 6.45) is 3.23. The maximum atomic E-state index is 14.3. The van der Waals surface area contributed by atoms with E-state index in [1.807, 2.05) is 12.1 Å². The first-order chi connectivity index (χ1) is 9.68. The lowest BCUT2D eigenvalue weighted by atomic mass is 9.77. The number of nitrogens with two attached hydrogens (primary N) is 1. The van der Waals surface area contributed by atoms with Gasteiger partial charge in [0.2, 0.25) is 0 Å². The molecule has 0 amide bonds. The zero-order valence-corrected chi connectivity index (χ0v) is 12.7. The Kier molecular flexibility index (Phi) is 3.90. The molecule has 0 fully saturated rings. The molecule has 0 aliphatic heterocycles. The van der Waals surface area contributed by atoms with Crippen LogP contribution in [0.25, 0.3) is 0 Å². The molecule has 0 spiro atoms. The summed E-state index contributed by atoms with van der Waals surface area (Å²) in [6, 6.07) is 13.4. The smallest absolute Gasteiger partial charge is 0.142 e. The van der Waals surface area contributed by atoms with Crippen molar-refractivity contribution in [2.75, 3.05) is 0 Å². The van der Waals surface area contributed by atoms with E-state index in [1.165, 1.54) is 11.1 Å². The van der Waals surface area contributed by atoms with Crippen molar-refractivity contribution < 1.29 is 4.39 Å². The molecular formula is C17H17BrFN. The molecule has 1 nitrogen and oxygen atoms in total. The number of halogens is 2. The van der Waals surface area contributed by atoms with Gasteiger partial charge in [-0.1, -0.05) is 36.4 Å². The fourth-order valence-electron chi connectivity index (χ4n) is 3.16. The van der Waals surface area contributed by atoms with Crippen LogP contribution in [0.4, 0.5) is 4.39 Å². The zero-order chi connectivity index (χ0) is 14.1. The van der Waals surface area contributed by atoms with Crippen LogP contribution in [0, 0.1) is 5.82 Å². The van der Waals surface area contributed by atoms with Crippen molar-refractivity contribution >= 4 is 15.9 Å². The summed E-state index contributed by atoms with van der Waals surface area (Å²) in [5, 5.41) is 0. The highest BCUT2D eigenvalue weighted by Crippen LogP contribution is 2.40. The number of aryl methyl sites for hydroxylation is 1. The maximum Gasteiger partial charge on any atom is 0.142 e. The van der Waals surface area contributed by atoms with E-state index >= 15 is 0 Å². The van der Waals surface area contributed by atoms with Gasteiger partial charge >= 0.3 is 0 Å². The minimum Gasteiger partial charge on any atom is -0.323 e. The first-order valence-electron chi connectivity index (χ1n) is 6.96. The monoisotopic (exact) mass is 333 g/mol. The van der Waals surface area contributed by atoms with E-state index in [1.54, 1.807) is 12.1 Å². The number of hydrogen-bond donors (Lipinski definition) is 1. The van der Waals surface area contributed by atoms with Crippen molar-refractivity contribution in [2.24, 2.45) is 5.73 Å². The summed E-state index contributed by atoms with van der Waals surface area (Å²) in [7, 11) is 0. The molecule has 2 aromatic rings. The van der Waals surface area contributed by atoms with Crippen LogP contribution in [0.1, 0.15) is 41.5 Å². The molecule has 0 saturated heterocycles. The lowest BCUT2D eigenvalue weighted by Gasteiger charge is -2.30. The van der Waals surface area contributed by atoms with E-state index in [0.717, 1.165) is 19.3 Å². The Balaban J connectivity index is 2.00. The first-order valence-corrected chi connectivity index (χ1v) is 7.75. The van der Waals surface area contributed by atoms with Gasteiger partial charge in [0.05, 0.1) is 4.47 Å². The summed E-state index contributed by atoms with van der Waals surface area (Å²) in [5.74, 6) is -0.0354. The molecule has 2 atom stereocenters. The Labute approximate surface area is 127 Å². The Morgan fingerprint density at radius 2 is 1.95 bits per heavy atom. The molecule has 1 aliphatic rings. The van der Waals surface area contributed by atoms with Crippen molar-refractivity contribution in [2.45, 2.75) is 31.2 Å². The van der Waals surface area contributed by atoms with Crippen LogP contribution in [-0.4, -0.2) is 0 Å². The van der Waals surface area contributed by atoms with E-state index in [-0.39, 0.29) is 17.8 Å². The van der Waals surface area contributed by atoms with E-state index in [9.17, 15) is 4.39 Å². The average molecular weight is 334 g/mol. The SMILES string of the molecule is NC(c1cccc(Br)c1F)C1CCCc2ccccc21. The van der Waals surface area contributed by atoms with Crippen LogP contribution >= 0.6 is 15.9 Å². The summed E-state index contributed by atoms with van der Waals surface area (Å²) in [6.45, 7) is 0. The standard InChI is InChI=1S/C17H17BrFN/c18-15-10-4-9-14(16(15)19)17(20)13-8-3-6-11-5-1-2-7-12(11)13/h1-2,4-5,7,9-10,13,17H,3,6,8,20H2. The summed E-state index contributed by atoms with van der Waals surface area (Å²) >= 11 is 3.24. The zero-order valence-electron chi connectivity index (χ0n) is 11.2. The first kappa shape index (κ1) is 13.8. The van der Waals surface area contributed by atoms with Crippen molar-refractivity contribution in [3.63, 3.8) is 0 Å². The van der Waals surface area contributed by atoms with Gasteiger partial charge in [0.1, 0.15) is 5.82 Å². The lowest BCUT2D eigenvalue weighted by molar-refractivity contribution is 0.457. The van der Waals surface area contributed by atoms with Crippen molar-refractivity contribution in [1.82, 2.24) is 0 Å². The van der Waals surface area contributed by atoms with E-state index in [4.69, 9.17) is 5.73 Å². The highest BCUT2D eigenvalue weighted by Gasteiger charge is 2.28. The van der Waals surface area contributed by atoms with Crippen LogP contribution in [-0.2, 0) is 6.42 Å². The van der Waals surface area contributed by atoms with Gasteiger partial charge in [-0.25, -0.2) is 4.39 Å². The molecule has 3 heteroatoms. The number of benzene rings is 2. The summed E-state index contributed by atoms with van der Waals surface area (Å²) in [5.41, 5.74) is 9.63. The Morgan fingerprint density at radius 3 is 2.80 bits per heavy atom. The van der Waals surface area contributed by atoms with Gasteiger partial charge in [-0.2, -0.15) is 0 Å². The van der Waals surface area contributed by atoms with Crippen LogP contribution < -0.4 is 5.73 Å². The molecular weight excluding hydrogens is 317 g/mol. The molecule has 1 aliphatic carbocycles. The summed E-state index contributed by atoms with van der Waals surface area (Å²) in [4.78, 5) is 0. The predicted octanol–water partition coefficient (Wildman–Crippen LogP) is 4.71. The molecule has 0 heterocycles. The molecule has 104 valence electrons. The van der Waals surface area contributed by atoms with Gasteiger partial charge in [-0.15, -0.1) is 0 Å². The highest BCUT2D eigenvalue weighted by molar-refractivity contribution is 9.10. The van der Waals surface area contributed by atoms with Crippen LogP contribution in [0.2, 0.25) is 0 Å². The molecule has 0 aromatic heterocycles. The fourth-order valence-corrected chi connectivity index (χ4v) is 3.54. The highest BCUT2D eigenvalue weighted by atomic mass is 79.9. The molecule has 2 unspecified atom stereocenters. The van der Waals surface area contributed by atoms with Gasteiger partial charge in [0.25, 0.3) is 0 Å². The number of fused-ring (bicyclic) bond motifs is 1. The van der Waals surface area contributed by atoms with Gasteiger partial charge in [-0.3, -0.25) is 0 Å². The molecule has 20 heavy (non-hydrogen) atoms. The lowest BCUT2D eigenvalue weighted by Crippen LogP contribution is -2.24. The Bertz CT molecular complexity index is 626. The third-order valence-corrected chi connectivity index (χ3v) is 4.80. The Morgan fingerprint density at radius 1 is 1.15 bits per heavy atom. The fraction of sp³-hybridized carbons (Fsp3) is 0.294. The number of rotatable bonds is 2. The minimum atomic E-state index is -0.297. The molecule has 0 radical (unpaired) electrons. The average Bonchev–Trinajstić information content (AvgIpc) is 2.49. The van der Waals surface area contributed by atoms with Gasteiger partial charge < -0.3 is 5.73 Å². The Hall–Kier alpha value is -1.19. The third kappa shape index (κ3) is 2.40. The maximum absolute atomic E-state index is 14.3. The quantitative estimate of drug-likeness (QED) is 0.846. The molecule has 3 rings (SSSR count). The van der Waals surface area contributed by atoms with Crippen molar-refractivity contribution in [3.05, 3.63) is 69.4 Å². The predicted molar refractivity (Wildman–Crippen MR) is 83.1 cm³/mol. The largest absolute Gasteiger partial charge is 0.323 e. The molecule has 2 aromatic carbocycles. The molecule has 0 bridgehead atoms. The van der Waals surface area contributed by atoms with E-state index in [0.29, 0.717) is 10.0 Å². The van der Waals surface area contributed by atoms with E-state index < -0.39 is 0 Å². The van der Waals surface area contributed by atoms with E-state index in [2.05, 4.69) is 34.1 Å². The third-order valence-electron chi connectivity index (χ3n) is 4.19. The van der Waals surface area contributed by atoms with Gasteiger partial charge in [-0.05, 0) is 52.4 Å². The molecule has 0 saturated carbocycles. The van der Waals surface area contributed by atoms with Crippen molar-refractivity contribution in [1.29, 1.82) is 0 Å². The normalized spacial score (nSPS) is 19.4. The summed E-state index contributed by atoms with van der Waals surface area (Å²) < 4.78 is 14.7. The number of hydrogen-bond acceptors (Lipinski definition) is 1. The van der Waals surface area contributed by atoms with Crippen LogP contribution in [0.15, 0.2) is 46.9 Å². The topological polar surface area (TPSA) is 26.0 Å². The second-order valence-corrected chi connectivity index (χ2v) is 6.22. The van der Waals surface area contributed by atoms with Gasteiger partial charge in [0, 0.05) is 17.5 Å². The second-order valence-electron chi connectivity index (χ2n) is 5.37. The van der Waals surface area contributed by atoms with Crippen LogP contribution in [0.5, 0.6) is 0 Å². The second kappa shape index (κ2) is 5.66. The molecule has 2 N–H and O–H groups in total.